The van der Waals surface area contributed by atoms with Gasteiger partial charge in [-0.25, -0.2) is 0 Å². The topological polar surface area (TPSA) is 106 Å². The molecule has 0 aliphatic heterocycles. The van der Waals surface area contributed by atoms with E-state index in [1.54, 1.807) is 31.4 Å². The first-order valence-electron chi connectivity index (χ1n) is 9.72. The molecule has 0 atom stereocenters. The summed E-state index contributed by atoms with van der Waals surface area (Å²) in [5.74, 6) is -1.27. The van der Waals surface area contributed by atoms with Crippen LogP contribution in [-0.4, -0.2) is 44.6 Å². The lowest BCUT2D eigenvalue weighted by Crippen LogP contribution is -2.36. The molecule has 2 rings (SSSR count). The average molecular weight is 413 g/mol. The molecule has 2 aromatic carbocycles. The highest BCUT2D eigenvalue weighted by molar-refractivity contribution is 6.40. The number of carbonyl (C=O) groups excluding carboxylic acids is 3. The number of rotatable bonds is 10. The van der Waals surface area contributed by atoms with Crippen LogP contribution in [0, 0.1) is 0 Å². The van der Waals surface area contributed by atoms with Gasteiger partial charge in [0.1, 0.15) is 5.75 Å². The first-order chi connectivity index (χ1) is 14.5. The summed E-state index contributed by atoms with van der Waals surface area (Å²) < 4.78 is 10.4. The van der Waals surface area contributed by atoms with E-state index < -0.39 is 11.8 Å². The molecule has 0 aromatic heterocycles. The van der Waals surface area contributed by atoms with Crippen molar-refractivity contribution in [3.05, 3.63) is 59.7 Å². The highest BCUT2D eigenvalue weighted by Gasteiger charge is 2.17. The summed E-state index contributed by atoms with van der Waals surface area (Å²) >= 11 is 0. The number of hydrogen-bond donors (Lipinski definition) is 3. The van der Waals surface area contributed by atoms with Gasteiger partial charge < -0.3 is 25.4 Å². The van der Waals surface area contributed by atoms with Gasteiger partial charge in [-0.1, -0.05) is 24.3 Å². The van der Waals surface area contributed by atoms with E-state index >= 15 is 0 Å². The second kappa shape index (κ2) is 12.2. The lowest BCUT2D eigenvalue weighted by Gasteiger charge is -2.12. The summed E-state index contributed by atoms with van der Waals surface area (Å²) in [4.78, 5) is 36.7. The molecule has 160 valence electrons. The average Bonchev–Trinajstić information content (AvgIpc) is 2.77. The van der Waals surface area contributed by atoms with Crippen molar-refractivity contribution in [3.8, 4) is 5.75 Å². The molecule has 0 unspecified atom stereocenters. The predicted molar refractivity (Wildman–Crippen MR) is 113 cm³/mol. The maximum absolute atomic E-state index is 12.6. The van der Waals surface area contributed by atoms with Crippen molar-refractivity contribution in [1.29, 1.82) is 0 Å². The Morgan fingerprint density at radius 2 is 1.77 bits per heavy atom. The van der Waals surface area contributed by atoms with E-state index in [0.29, 0.717) is 38.5 Å². The van der Waals surface area contributed by atoms with Crippen LogP contribution in [-0.2, 0) is 20.9 Å². The molecule has 0 radical (unpaired) electrons. The molecule has 0 spiro atoms. The third-order valence-electron chi connectivity index (χ3n) is 4.17. The maximum atomic E-state index is 12.6. The Bertz CT molecular complexity index is 869. The molecular weight excluding hydrogens is 386 g/mol. The zero-order valence-corrected chi connectivity index (χ0v) is 17.2. The van der Waals surface area contributed by atoms with E-state index in [9.17, 15) is 14.4 Å². The molecule has 0 aliphatic rings. The minimum absolute atomic E-state index is 0.259. The van der Waals surface area contributed by atoms with E-state index in [4.69, 9.17) is 9.47 Å². The summed E-state index contributed by atoms with van der Waals surface area (Å²) in [5, 5.41) is 7.82. The number of hydrogen-bond acceptors (Lipinski definition) is 5. The van der Waals surface area contributed by atoms with Crippen LogP contribution in [0.3, 0.4) is 0 Å². The number of anilines is 1. The zero-order chi connectivity index (χ0) is 21.8. The van der Waals surface area contributed by atoms with E-state index in [2.05, 4.69) is 16.0 Å². The second-order valence-corrected chi connectivity index (χ2v) is 6.34. The van der Waals surface area contributed by atoms with Crippen molar-refractivity contribution in [2.75, 3.05) is 32.2 Å². The number of para-hydroxylation sites is 1. The van der Waals surface area contributed by atoms with Gasteiger partial charge in [0.05, 0.1) is 18.4 Å². The van der Waals surface area contributed by atoms with Gasteiger partial charge in [-0.05, 0) is 43.2 Å². The fourth-order valence-corrected chi connectivity index (χ4v) is 2.63. The Morgan fingerprint density at radius 1 is 0.967 bits per heavy atom. The van der Waals surface area contributed by atoms with E-state index in [-0.39, 0.29) is 17.2 Å². The van der Waals surface area contributed by atoms with Crippen LogP contribution < -0.4 is 20.7 Å². The molecule has 0 bridgehead atoms. The van der Waals surface area contributed by atoms with Crippen LogP contribution in [0.2, 0.25) is 0 Å². The van der Waals surface area contributed by atoms with Crippen LogP contribution in [0.5, 0.6) is 5.75 Å². The number of ether oxygens (including phenoxy) is 2. The van der Waals surface area contributed by atoms with Crippen LogP contribution in [0.4, 0.5) is 5.69 Å². The Labute approximate surface area is 175 Å². The highest BCUT2D eigenvalue weighted by atomic mass is 16.5. The third kappa shape index (κ3) is 7.21. The van der Waals surface area contributed by atoms with Crippen LogP contribution in [0.1, 0.15) is 29.3 Å². The number of methoxy groups -OCH3 is 1. The van der Waals surface area contributed by atoms with Gasteiger partial charge in [-0.15, -0.1) is 0 Å². The van der Waals surface area contributed by atoms with Gasteiger partial charge in [0.2, 0.25) is 0 Å². The second-order valence-electron chi connectivity index (χ2n) is 6.34. The largest absolute Gasteiger partial charge is 0.497 e. The van der Waals surface area contributed by atoms with Gasteiger partial charge in [0, 0.05) is 26.3 Å². The molecule has 8 nitrogen and oxygen atoms in total. The molecule has 0 heterocycles. The summed E-state index contributed by atoms with van der Waals surface area (Å²) in [6.45, 7) is 3.61. The van der Waals surface area contributed by atoms with Gasteiger partial charge in [-0.2, -0.15) is 0 Å². The van der Waals surface area contributed by atoms with Gasteiger partial charge in [-0.3, -0.25) is 14.4 Å². The van der Waals surface area contributed by atoms with Gasteiger partial charge >= 0.3 is 11.8 Å². The predicted octanol–water partition coefficient (Wildman–Crippen LogP) is 2.11. The Balaban J connectivity index is 1.93. The van der Waals surface area contributed by atoms with Crippen LogP contribution in [0.15, 0.2) is 48.5 Å². The van der Waals surface area contributed by atoms with Crippen molar-refractivity contribution >= 4 is 23.4 Å². The summed E-state index contributed by atoms with van der Waals surface area (Å²) in [6.07, 6.45) is 0.607. The minimum Gasteiger partial charge on any atom is -0.497 e. The molecular formula is C22H27N3O5. The number of amides is 3. The van der Waals surface area contributed by atoms with Crippen molar-refractivity contribution < 1.29 is 23.9 Å². The smallest absolute Gasteiger partial charge is 0.313 e. The SMILES string of the molecule is CCOCCCNC(=O)C(=O)Nc1ccccc1C(=O)NCc1cccc(OC)c1. The molecule has 8 heteroatoms. The fourth-order valence-electron chi connectivity index (χ4n) is 2.63. The standard InChI is InChI=1S/C22H27N3O5/c1-3-30-13-7-12-23-21(27)22(28)25-19-11-5-4-10-18(19)20(26)24-15-16-8-6-9-17(14-16)29-2/h4-6,8-11,14H,3,7,12-13,15H2,1-2H3,(H,23,27)(H,24,26)(H,25,28). The third-order valence-corrected chi connectivity index (χ3v) is 4.17. The molecule has 0 fully saturated rings. The first-order valence-corrected chi connectivity index (χ1v) is 9.72. The normalized spacial score (nSPS) is 10.2. The Morgan fingerprint density at radius 3 is 2.53 bits per heavy atom. The number of carbonyl (C=O) groups is 3. The van der Waals surface area contributed by atoms with Crippen molar-refractivity contribution in [1.82, 2.24) is 10.6 Å². The monoisotopic (exact) mass is 413 g/mol. The Hall–Kier alpha value is -3.39. The fraction of sp³-hybridized carbons (Fsp3) is 0.318. The molecule has 0 saturated heterocycles. The molecule has 0 saturated carbocycles. The molecule has 3 N–H and O–H groups in total. The van der Waals surface area contributed by atoms with Gasteiger partial charge in [0.15, 0.2) is 0 Å². The summed E-state index contributed by atoms with van der Waals surface area (Å²) in [5.41, 5.74) is 1.39. The van der Waals surface area contributed by atoms with E-state index in [0.717, 1.165) is 5.56 Å². The number of benzene rings is 2. The van der Waals surface area contributed by atoms with E-state index in [1.807, 2.05) is 31.2 Å². The van der Waals surface area contributed by atoms with Crippen LogP contribution >= 0.6 is 0 Å². The Kier molecular flexibility index (Phi) is 9.33. The first kappa shape index (κ1) is 22.9. The van der Waals surface area contributed by atoms with Gasteiger partial charge in [0.25, 0.3) is 5.91 Å². The van der Waals surface area contributed by atoms with Crippen molar-refractivity contribution in [3.63, 3.8) is 0 Å². The molecule has 30 heavy (non-hydrogen) atoms. The molecule has 2 aromatic rings. The minimum atomic E-state index is -0.834. The molecule has 0 aliphatic carbocycles. The van der Waals surface area contributed by atoms with Crippen molar-refractivity contribution in [2.45, 2.75) is 19.9 Å². The van der Waals surface area contributed by atoms with E-state index in [1.165, 1.54) is 0 Å². The zero-order valence-electron chi connectivity index (χ0n) is 17.2. The quantitative estimate of drug-likeness (QED) is 0.409. The lowest BCUT2D eigenvalue weighted by atomic mass is 10.1. The number of nitrogens with one attached hydrogen (secondary N) is 3. The van der Waals surface area contributed by atoms with Crippen LogP contribution in [0.25, 0.3) is 0 Å². The highest BCUT2D eigenvalue weighted by Crippen LogP contribution is 2.16. The summed E-state index contributed by atoms with van der Waals surface area (Å²) in [6, 6.07) is 13.9. The molecule has 3 amide bonds. The maximum Gasteiger partial charge on any atom is 0.313 e. The van der Waals surface area contributed by atoms with Crippen molar-refractivity contribution in [2.24, 2.45) is 0 Å². The summed E-state index contributed by atoms with van der Waals surface area (Å²) in [7, 11) is 1.58. The lowest BCUT2D eigenvalue weighted by molar-refractivity contribution is -0.136.